The first-order chi connectivity index (χ1) is 10.4. The van der Waals surface area contributed by atoms with E-state index >= 15 is 0 Å². The maximum absolute atomic E-state index is 12.3. The Hall–Kier alpha value is -2.44. The minimum Gasteiger partial charge on any atom is -0.508 e. The predicted molar refractivity (Wildman–Crippen MR) is 80.2 cm³/mol. The molecule has 4 atom stereocenters. The number of nitrogens with one attached hydrogen (secondary N) is 2. The Morgan fingerprint density at radius 2 is 1.68 bits per heavy atom. The Balaban J connectivity index is 2.08. The number of nitrogens with zero attached hydrogens (tertiary/aromatic N) is 2. The van der Waals surface area contributed by atoms with E-state index in [9.17, 15) is 14.7 Å². The van der Waals surface area contributed by atoms with Crippen LogP contribution in [0.4, 0.5) is 9.59 Å². The molecule has 7 heteroatoms. The smallest absolute Gasteiger partial charge is 0.319 e. The summed E-state index contributed by atoms with van der Waals surface area (Å²) in [7, 11) is 3.36. The molecule has 2 fully saturated rings. The summed E-state index contributed by atoms with van der Waals surface area (Å²) in [5.41, 5.74) is 0.686. The van der Waals surface area contributed by atoms with Gasteiger partial charge in [-0.15, -0.1) is 0 Å². The van der Waals surface area contributed by atoms with Crippen LogP contribution in [0.15, 0.2) is 24.3 Å². The number of hydrogen-bond donors (Lipinski definition) is 3. The van der Waals surface area contributed by atoms with Gasteiger partial charge in [-0.2, -0.15) is 0 Å². The van der Waals surface area contributed by atoms with Crippen molar-refractivity contribution in [2.75, 3.05) is 14.1 Å². The number of amides is 4. The molecule has 118 valence electrons. The van der Waals surface area contributed by atoms with Crippen LogP contribution in [-0.4, -0.2) is 53.3 Å². The van der Waals surface area contributed by atoms with Gasteiger partial charge in [0.2, 0.25) is 0 Å². The van der Waals surface area contributed by atoms with Crippen LogP contribution in [0.2, 0.25) is 0 Å². The first-order valence-corrected chi connectivity index (χ1v) is 7.26. The zero-order valence-electron chi connectivity index (χ0n) is 12.8. The summed E-state index contributed by atoms with van der Waals surface area (Å²) in [6.45, 7) is 1.92. The Morgan fingerprint density at radius 3 is 2.36 bits per heavy atom. The summed E-state index contributed by atoms with van der Waals surface area (Å²) >= 11 is 0. The van der Waals surface area contributed by atoms with Crippen molar-refractivity contribution in [1.29, 1.82) is 0 Å². The zero-order valence-corrected chi connectivity index (χ0v) is 12.8. The summed E-state index contributed by atoms with van der Waals surface area (Å²) in [4.78, 5) is 27.3. The molecule has 0 radical (unpaired) electrons. The van der Waals surface area contributed by atoms with E-state index in [-0.39, 0.29) is 35.8 Å². The van der Waals surface area contributed by atoms with Crippen LogP contribution in [0.1, 0.15) is 18.5 Å². The fraction of sp³-hybridized carbons (Fsp3) is 0.467. The molecule has 1 aromatic rings. The molecule has 0 spiro atoms. The maximum atomic E-state index is 12.3. The molecule has 2 aliphatic heterocycles. The van der Waals surface area contributed by atoms with Gasteiger partial charge in [0.1, 0.15) is 11.9 Å². The molecule has 1 aromatic carbocycles. The van der Waals surface area contributed by atoms with Crippen LogP contribution in [0.5, 0.6) is 5.75 Å². The van der Waals surface area contributed by atoms with Crippen molar-refractivity contribution < 1.29 is 14.7 Å². The minimum absolute atomic E-state index is 0.0845. The van der Waals surface area contributed by atoms with E-state index in [0.717, 1.165) is 0 Å². The molecule has 3 rings (SSSR count). The van der Waals surface area contributed by atoms with Gasteiger partial charge < -0.3 is 25.5 Å². The average molecular weight is 304 g/mol. The number of carbonyl (C=O) groups excluding carboxylic acids is 2. The van der Waals surface area contributed by atoms with E-state index in [1.54, 1.807) is 31.1 Å². The van der Waals surface area contributed by atoms with Gasteiger partial charge in [-0.05, 0) is 13.0 Å². The third kappa shape index (κ3) is 2.04. The fourth-order valence-electron chi connectivity index (χ4n) is 3.46. The largest absolute Gasteiger partial charge is 0.508 e. The van der Waals surface area contributed by atoms with E-state index in [4.69, 9.17) is 0 Å². The molecular weight excluding hydrogens is 284 g/mol. The highest BCUT2D eigenvalue weighted by atomic mass is 16.3. The topological polar surface area (TPSA) is 84.9 Å². The van der Waals surface area contributed by atoms with Gasteiger partial charge in [0, 0.05) is 31.6 Å². The van der Waals surface area contributed by atoms with Crippen LogP contribution in [0, 0.1) is 5.92 Å². The molecule has 3 N–H and O–H groups in total. The lowest BCUT2D eigenvalue weighted by Gasteiger charge is -2.52. The molecule has 0 aromatic heterocycles. The number of rotatable bonds is 1. The zero-order chi connectivity index (χ0) is 16.0. The van der Waals surface area contributed by atoms with Crippen molar-refractivity contribution >= 4 is 12.1 Å². The maximum Gasteiger partial charge on any atom is 0.319 e. The summed E-state index contributed by atoms with van der Waals surface area (Å²) in [6, 6.07) is 6.07. The van der Waals surface area contributed by atoms with Gasteiger partial charge in [0.15, 0.2) is 0 Å². The fourth-order valence-corrected chi connectivity index (χ4v) is 3.46. The molecule has 0 bridgehead atoms. The van der Waals surface area contributed by atoms with Crippen LogP contribution in [0.3, 0.4) is 0 Å². The molecule has 7 nitrogen and oxygen atoms in total. The van der Waals surface area contributed by atoms with Gasteiger partial charge in [-0.1, -0.05) is 18.2 Å². The number of para-hydroxylation sites is 1. The van der Waals surface area contributed by atoms with Gasteiger partial charge >= 0.3 is 12.1 Å². The second-order valence-electron chi connectivity index (χ2n) is 5.94. The number of benzene rings is 1. The van der Waals surface area contributed by atoms with Crippen molar-refractivity contribution in [3.63, 3.8) is 0 Å². The van der Waals surface area contributed by atoms with Crippen LogP contribution >= 0.6 is 0 Å². The monoisotopic (exact) mass is 304 g/mol. The summed E-state index contributed by atoms with van der Waals surface area (Å²) < 4.78 is 0. The molecule has 2 heterocycles. The second kappa shape index (κ2) is 5.08. The predicted octanol–water partition coefficient (Wildman–Crippen LogP) is 1.07. The lowest BCUT2D eigenvalue weighted by atomic mass is 9.81. The highest BCUT2D eigenvalue weighted by molar-refractivity contribution is 5.80. The van der Waals surface area contributed by atoms with Crippen molar-refractivity contribution in [2.45, 2.75) is 25.2 Å². The van der Waals surface area contributed by atoms with Crippen LogP contribution in [-0.2, 0) is 0 Å². The number of urea groups is 2. The van der Waals surface area contributed by atoms with E-state index in [2.05, 4.69) is 10.6 Å². The van der Waals surface area contributed by atoms with E-state index in [1.807, 2.05) is 19.1 Å². The summed E-state index contributed by atoms with van der Waals surface area (Å²) in [5.74, 6) is 0.0678. The van der Waals surface area contributed by atoms with Gasteiger partial charge in [-0.3, -0.25) is 0 Å². The van der Waals surface area contributed by atoms with Crippen LogP contribution in [0.25, 0.3) is 0 Å². The second-order valence-corrected chi connectivity index (χ2v) is 5.94. The van der Waals surface area contributed by atoms with Crippen molar-refractivity contribution in [2.24, 2.45) is 5.92 Å². The highest BCUT2D eigenvalue weighted by Crippen LogP contribution is 2.41. The molecular formula is C15H20N4O3. The normalized spacial score (nSPS) is 31.4. The van der Waals surface area contributed by atoms with E-state index in [0.29, 0.717) is 5.56 Å². The standard InChI is InChI=1S/C15H20N4O3/c1-8-11-12(9-6-4-5-7-10(9)20)18(2)15(22)17-13(11)19(3)14(21)16-8/h4-8,11-13,20H,1-3H3,(H,16,21)(H,17,22)/t8-,11-,12-,13-/m0/s1. The van der Waals surface area contributed by atoms with Gasteiger partial charge in [0.05, 0.1) is 6.04 Å². The highest BCUT2D eigenvalue weighted by Gasteiger charge is 2.50. The molecule has 0 unspecified atom stereocenters. The number of carbonyl (C=O) groups is 2. The van der Waals surface area contributed by atoms with Gasteiger partial charge in [0.25, 0.3) is 0 Å². The number of hydrogen-bond acceptors (Lipinski definition) is 3. The minimum atomic E-state index is -0.406. The number of phenolic OH excluding ortho intramolecular Hbond substituents is 1. The van der Waals surface area contributed by atoms with Crippen molar-refractivity contribution in [3.8, 4) is 5.75 Å². The number of aromatic hydroxyl groups is 1. The van der Waals surface area contributed by atoms with E-state index in [1.165, 1.54) is 4.90 Å². The third-order valence-corrected chi connectivity index (χ3v) is 4.66. The molecule has 2 aliphatic rings. The number of fused-ring (bicyclic) bond motifs is 1. The Bertz CT molecular complexity index is 621. The third-order valence-electron chi connectivity index (χ3n) is 4.66. The van der Waals surface area contributed by atoms with Gasteiger partial charge in [-0.25, -0.2) is 9.59 Å². The Labute approximate surface area is 128 Å². The first kappa shape index (κ1) is 14.5. The average Bonchev–Trinajstić information content (AvgIpc) is 2.48. The van der Waals surface area contributed by atoms with Crippen LogP contribution < -0.4 is 10.6 Å². The molecule has 0 aliphatic carbocycles. The Kier molecular flexibility index (Phi) is 3.35. The molecule has 22 heavy (non-hydrogen) atoms. The number of phenols is 1. The molecule has 0 saturated carbocycles. The van der Waals surface area contributed by atoms with Crippen molar-refractivity contribution in [1.82, 2.24) is 20.4 Å². The quantitative estimate of drug-likeness (QED) is 0.725. The molecule has 2 saturated heterocycles. The van der Waals surface area contributed by atoms with Crippen molar-refractivity contribution in [3.05, 3.63) is 29.8 Å². The first-order valence-electron chi connectivity index (χ1n) is 7.26. The van der Waals surface area contributed by atoms with E-state index < -0.39 is 6.17 Å². The lowest BCUT2D eigenvalue weighted by Crippen LogP contribution is -2.71. The molecule has 4 amide bonds. The Morgan fingerprint density at radius 1 is 1.05 bits per heavy atom. The summed E-state index contributed by atoms with van der Waals surface area (Å²) in [6.07, 6.45) is -0.406. The lowest BCUT2D eigenvalue weighted by molar-refractivity contribution is 0.0241. The summed E-state index contributed by atoms with van der Waals surface area (Å²) in [5, 5.41) is 16.0. The SMILES string of the molecule is C[C@@H]1NC(=O)N(C)[C@@H]2NC(=O)N(C)[C@@H](c3ccccc3O)[C@H]12.